The second-order valence-corrected chi connectivity index (χ2v) is 2.87. The van der Waals surface area contributed by atoms with Crippen molar-refractivity contribution >= 4 is 5.69 Å². The molecule has 1 rings (SSSR count). The maximum Gasteiger partial charge on any atom is 0.0393 e. The number of nitrogen functional groups attached to an aromatic ring is 1. The van der Waals surface area contributed by atoms with Crippen LogP contribution in [0.15, 0.2) is 31.1 Å². The van der Waals surface area contributed by atoms with Gasteiger partial charge in [0.05, 0.1) is 0 Å². The van der Waals surface area contributed by atoms with Gasteiger partial charge in [0.25, 0.3) is 0 Å². The SMILES string of the molecule is C=CCC(NC)c1cnccc1N. The lowest BCUT2D eigenvalue weighted by molar-refractivity contribution is 0.603. The van der Waals surface area contributed by atoms with Gasteiger partial charge in [0.1, 0.15) is 0 Å². The van der Waals surface area contributed by atoms with Gasteiger partial charge in [-0.25, -0.2) is 0 Å². The molecule has 0 saturated carbocycles. The maximum absolute atomic E-state index is 5.81. The number of nitrogens with one attached hydrogen (secondary N) is 1. The molecule has 3 nitrogen and oxygen atoms in total. The fraction of sp³-hybridized carbons (Fsp3) is 0.300. The summed E-state index contributed by atoms with van der Waals surface area (Å²) in [6, 6.07) is 2.02. The number of nitrogens with two attached hydrogens (primary N) is 1. The van der Waals surface area contributed by atoms with E-state index in [4.69, 9.17) is 5.73 Å². The molecular formula is C10H15N3. The van der Waals surface area contributed by atoms with Crippen LogP contribution in [0.4, 0.5) is 5.69 Å². The lowest BCUT2D eigenvalue weighted by Crippen LogP contribution is -2.17. The van der Waals surface area contributed by atoms with Crippen LogP contribution >= 0.6 is 0 Å². The third-order valence-electron chi connectivity index (χ3n) is 2.01. The van der Waals surface area contributed by atoms with Gasteiger partial charge in [0.2, 0.25) is 0 Å². The topological polar surface area (TPSA) is 50.9 Å². The zero-order chi connectivity index (χ0) is 9.68. The summed E-state index contributed by atoms with van der Waals surface area (Å²) < 4.78 is 0. The van der Waals surface area contributed by atoms with E-state index in [-0.39, 0.29) is 6.04 Å². The summed E-state index contributed by atoms with van der Waals surface area (Å²) >= 11 is 0. The molecule has 13 heavy (non-hydrogen) atoms. The van der Waals surface area contributed by atoms with Gasteiger partial charge >= 0.3 is 0 Å². The van der Waals surface area contributed by atoms with Crippen LogP contribution in [-0.4, -0.2) is 12.0 Å². The normalized spacial score (nSPS) is 12.4. The number of anilines is 1. The van der Waals surface area contributed by atoms with E-state index >= 15 is 0 Å². The highest BCUT2D eigenvalue weighted by atomic mass is 14.9. The molecule has 1 heterocycles. The summed E-state index contributed by atoms with van der Waals surface area (Å²) in [5, 5.41) is 3.17. The second kappa shape index (κ2) is 4.62. The molecule has 0 saturated heterocycles. The Labute approximate surface area is 78.7 Å². The van der Waals surface area contributed by atoms with Gasteiger partial charge in [-0.1, -0.05) is 6.08 Å². The van der Waals surface area contributed by atoms with E-state index < -0.39 is 0 Å². The van der Waals surface area contributed by atoms with Crippen LogP contribution in [-0.2, 0) is 0 Å². The lowest BCUT2D eigenvalue weighted by Gasteiger charge is -2.15. The summed E-state index contributed by atoms with van der Waals surface area (Å²) in [5.41, 5.74) is 7.62. The average molecular weight is 177 g/mol. The van der Waals surface area contributed by atoms with E-state index in [1.165, 1.54) is 0 Å². The number of aromatic nitrogens is 1. The lowest BCUT2D eigenvalue weighted by atomic mass is 10.0. The molecule has 0 aliphatic heterocycles. The van der Waals surface area contributed by atoms with Crippen molar-refractivity contribution in [2.45, 2.75) is 12.5 Å². The summed E-state index contributed by atoms with van der Waals surface area (Å²) in [6.45, 7) is 3.70. The number of pyridine rings is 1. The first kappa shape index (κ1) is 9.74. The monoisotopic (exact) mass is 177 g/mol. The standard InChI is InChI=1S/C10H15N3/c1-3-4-10(12-2)8-7-13-6-5-9(8)11/h3,5-7,10,12H,1,4H2,2H3,(H2,11,13). The van der Waals surface area contributed by atoms with Gasteiger partial charge in [0.15, 0.2) is 0 Å². The molecule has 0 fully saturated rings. The molecule has 0 bridgehead atoms. The molecule has 0 aliphatic rings. The number of nitrogens with zero attached hydrogens (tertiary/aromatic N) is 1. The number of rotatable bonds is 4. The van der Waals surface area contributed by atoms with Crippen molar-refractivity contribution in [3.05, 3.63) is 36.7 Å². The van der Waals surface area contributed by atoms with Crippen LogP contribution < -0.4 is 11.1 Å². The van der Waals surface area contributed by atoms with Crippen LogP contribution in [0.25, 0.3) is 0 Å². The van der Waals surface area contributed by atoms with E-state index in [0.717, 1.165) is 17.7 Å². The molecule has 1 unspecified atom stereocenters. The Kier molecular flexibility index (Phi) is 3.46. The zero-order valence-electron chi connectivity index (χ0n) is 7.83. The Morgan fingerprint density at radius 2 is 2.54 bits per heavy atom. The molecule has 0 aromatic carbocycles. The van der Waals surface area contributed by atoms with E-state index in [0.29, 0.717) is 0 Å². The molecule has 1 aromatic rings. The Balaban J connectivity index is 2.90. The third-order valence-corrected chi connectivity index (χ3v) is 2.01. The van der Waals surface area contributed by atoms with Crippen molar-refractivity contribution in [3.63, 3.8) is 0 Å². The summed E-state index contributed by atoms with van der Waals surface area (Å²) in [4.78, 5) is 4.04. The highest BCUT2D eigenvalue weighted by Crippen LogP contribution is 2.21. The van der Waals surface area contributed by atoms with Crippen molar-refractivity contribution in [3.8, 4) is 0 Å². The van der Waals surface area contributed by atoms with Gasteiger partial charge in [-0.15, -0.1) is 6.58 Å². The minimum atomic E-state index is 0.214. The molecule has 3 N–H and O–H groups in total. The Morgan fingerprint density at radius 3 is 3.08 bits per heavy atom. The van der Waals surface area contributed by atoms with E-state index in [1.54, 1.807) is 12.4 Å². The Bertz CT molecular complexity index is 283. The minimum Gasteiger partial charge on any atom is -0.398 e. The highest BCUT2D eigenvalue weighted by molar-refractivity contribution is 5.46. The van der Waals surface area contributed by atoms with Crippen LogP contribution in [0.1, 0.15) is 18.0 Å². The van der Waals surface area contributed by atoms with Gasteiger partial charge in [-0.05, 0) is 19.5 Å². The third kappa shape index (κ3) is 2.29. The summed E-state index contributed by atoms with van der Waals surface area (Å²) in [5.74, 6) is 0. The van der Waals surface area contributed by atoms with Gasteiger partial charge in [-0.2, -0.15) is 0 Å². The molecule has 0 radical (unpaired) electrons. The molecule has 0 spiro atoms. The van der Waals surface area contributed by atoms with Crippen LogP contribution in [0.3, 0.4) is 0 Å². The van der Waals surface area contributed by atoms with Crippen LogP contribution in [0, 0.1) is 0 Å². The largest absolute Gasteiger partial charge is 0.398 e. The highest BCUT2D eigenvalue weighted by Gasteiger charge is 2.09. The van der Waals surface area contributed by atoms with Gasteiger partial charge in [0, 0.05) is 29.7 Å². The minimum absolute atomic E-state index is 0.214. The molecule has 3 heteroatoms. The second-order valence-electron chi connectivity index (χ2n) is 2.87. The average Bonchev–Trinajstić information content (AvgIpc) is 2.16. The van der Waals surface area contributed by atoms with Gasteiger partial charge in [-0.3, -0.25) is 4.98 Å². The van der Waals surface area contributed by atoms with Gasteiger partial charge < -0.3 is 11.1 Å². The predicted octanol–water partition coefficient (Wildman–Crippen LogP) is 1.50. The zero-order valence-corrected chi connectivity index (χ0v) is 7.83. The molecule has 0 amide bonds. The summed E-state index contributed by atoms with van der Waals surface area (Å²) in [7, 11) is 1.90. The summed E-state index contributed by atoms with van der Waals surface area (Å²) in [6.07, 6.45) is 6.21. The van der Waals surface area contributed by atoms with Crippen LogP contribution in [0.5, 0.6) is 0 Å². The van der Waals surface area contributed by atoms with Crippen molar-refractivity contribution in [1.29, 1.82) is 0 Å². The first-order valence-corrected chi connectivity index (χ1v) is 4.27. The number of hydrogen-bond donors (Lipinski definition) is 2. The number of hydrogen-bond acceptors (Lipinski definition) is 3. The molecule has 1 aromatic heterocycles. The fourth-order valence-electron chi connectivity index (χ4n) is 1.28. The fourth-order valence-corrected chi connectivity index (χ4v) is 1.28. The Hall–Kier alpha value is -1.35. The maximum atomic E-state index is 5.81. The first-order valence-electron chi connectivity index (χ1n) is 4.27. The van der Waals surface area contributed by atoms with Crippen molar-refractivity contribution in [2.24, 2.45) is 0 Å². The van der Waals surface area contributed by atoms with Crippen molar-refractivity contribution < 1.29 is 0 Å². The van der Waals surface area contributed by atoms with E-state index in [1.807, 2.05) is 19.2 Å². The predicted molar refractivity (Wildman–Crippen MR) is 55.3 cm³/mol. The van der Waals surface area contributed by atoms with E-state index in [9.17, 15) is 0 Å². The molecule has 1 atom stereocenters. The smallest absolute Gasteiger partial charge is 0.0393 e. The quantitative estimate of drug-likeness (QED) is 0.685. The van der Waals surface area contributed by atoms with Crippen molar-refractivity contribution in [2.75, 3.05) is 12.8 Å². The molecule has 0 aliphatic carbocycles. The van der Waals surface area contributed by atoms with Crippen molar-refractivity contribution in [1.82, 2.24) is 10.3 Å². The first-order chi connectivity index (χ1) is 6.29. The van der Waals surface area contributed by atoms with Crippen LogP contribution in [0.2, 0.25) is 0 Å². The Morgan fingerprint density at radius 1 is 1.77 bits per heavy atom. The van der Waals surface area contributed by atoms with E-state index in [2.05, 4.69) is 16.9 Å². The molecular weight excluding hydrogens is 162 g/mol. The molecule has 70 valence electrons.